The number of aromatic nitrogens is 1. The first kappa shape index (κ1) is 12.2. The molecule has 1 aromatic carbocycles. The van der Waals surface area contributed by atoms with Crippen molar-refractivity contribution in [2.75, 3.05) is 13.1 Å². The first-order valence-corrected chi connectivity index (χ1v) is 6.60. The maximum absolute atomic E-state index is 12.2. The van der Waals surface area contributed by atoms with Crippen molar-refractivity contribution in [3.8, 4) is 0 Å². The molecule has 3 rings (SSSR count). The molecule has 2 N–H and O–H groups in total. The third kappa shape index (κ3) is 2.46. The maximum Gasteiger partial charge on any atom is 0.228 e. The van der Waals surface area contributed by atoms with E-state index >= 15 is 0 Å². The molecule has 0 unspecified atom stereocenters. The summed E-state index contributed by atoms with van der Waals surface area (Å²) in [5, 5.41) is 4.91. The van der Waals surface area contributed by atoms with Crippen molar-refractivity contribution in [3.05, 3.63) is 30.0 Å². The zero-order valence-electron chi connectivity index (χ0n) is 10.7. The largest absolute Gasteiger partial charge is 0.356 e. The molecule has 1 atom stereocenters. The van der Waals surface area contributed by atoms with Gasteiger partial charge in [0, 0.05) is 24.5 Å². The van der Waals surface area contributed by atoms with Crippen LogP contribution < -0.4 is 5.73 Å². The Hall–Kier alpha value is -1.88. The standard InChI is InChI=1S/C14H17N3O2/c15-10-4-3-7-17(9-10)14(18)8-12-11-5-1-2-6-13(11)19-16-12/h1-2,5-6,10H,3-4,7-9,15H2/t10-/m1/s1. The van der Waals surface area contributed by atoms with Crippen LogP contribution in [0.2, 0.25) is 0 Å². The van der Waals surface area contributed by atoms with E-state index in [9.17, 15) is 4.79 Å². The molecule has 0 radical (unpaired) electrons. The number of nitrogens with two attached hydrogens (primary N) is 1. The monoisotopic (exact) mass is 259 g/mol. The highest BCUT2D eigenvalue weighted by Crippen LogP contribution is 2.19. The minimum absolute atomic E-state index is 0.0780. The molecule has 0 spiro atoms. The van der Waals surface area contributed by atoms with Gasteiger partial charge in [0.15, 0.2) is 5.58 Å². The predicted molar refractivity (Wildman–Crippen MR) is 71.5 cm³/mol. The Kier molecular flexibility index (Phi) is 3.21. The fraction of sp³-hybridized carbons (Fsp3) is 0.429. The summed E-state index contributed by atoms with van der Waals surface area (Å²) in [5.74, 6) is 0.0780. The minimum atomic E-state index is 0.0780. The predicted octanol–water partition coefficient (Wildman–Crippen LogP) is 1.32. The lowest BCUT2D eigenvalue weighted by Gasteiger charge is -2.30. The van der Waals surface area contributed by atoms with Gasteiger partial charge in [0.2, 0.25) is 5.91 Å². The molecule has 2 heterocycles. The summed E-state index contributed by atoms with van der Waals surface area (Å²) < 4.78 is 5.21. The molecule has 0 saturated carbocycles. The van der Waals surface area contributed by atoms with Crippen LogP contribution in [0.5, 0.6) is 0 Å². The van der Waals surface area contributed by atoms with Crippen molar-refractivity contribution in [2.45, 2.75) is 25.3 Å². The van der Waals surface area contributed by atoms with Crippen molar-refractivity contribution >= 4 is 16.9 Å². The van der Waals surface area contributed by atoms with Gasteiger partial charge in [0.05, 0.1) is 6.42 Å². The summed E-state index contributed by atoms with van der Waals surface area (Å²) in [5.41, 5.74) is 7.33. The number of amides is 1. The first-order chi connectivity index (χ1) is 9.24. The van der Waals surface area contributed by atoms with Gasteiger partial charge in [-0.05, 0) is 25.0 Å². The Bertz CT molecular complexity index is 593. The van der Waals surface area contributed by atoms with E-state index in [1.54, 1.807) is 0 Å². The van der Waals surface area contributed by atoms with Gasteiger partial charge in [-0.15, -0.1) is 0 Å². The van der Waals surface area contributed by atoms with E-state index in [4.69, 9.17) is 10.3 Å². The van der Waals surface area contributed by atoms with E-state index in [1.165, 1.54) is 0 Å². The molecule has 19 heavy (non-hydrogen) atoms. The van der Waals surface area contributed by atoms with Gasteiger partial charge >= 0.3 is 0 Å². The van der Waals surface area contributed by atoms with Gasteiger partial charge in [0.25, 0.3) is 0 Å². The van der Waals surface area contributed by atoms with Crippen molar-refractivity contribution in [2.24, 2.45) is 5.73 Å². The molecule has 1 aliphatic heterocycles. The van der Waals surface area contributed by atoms with Gasteiger partial charge in [-0.1, -0.05) is 17.3 Å². The number of fused-ring (bicyclic) bond motifs is 1. The van der Waals surface area contributed by atoms with E-state index in [2.05, 4.69) is 5.16 Å². The van der Waals surface area contributed by atoms with Crippen LogP contribution in [-0.2, 0) is 11.2 Å². The van der Waals surface area contributed by atoms with Gasteiger partial charge in [-0.2, -0.15) is 0 Å². The van der Waals surface area contributed by atoms with Crippen LogP contribution in [0.25, 0.3) is 11.0 Å². The number of likely N-dealkylation sites (tertiary alicyclic amines) is 1. The van der Waals surface area contributed by atoms with E-state index in [0.29, 0.717) is 12.2 Å². The zero-order chi connectivity index (χ0) is 13.2. The number of nitrogens with zero attached hydrogens (tertiary/aromatic N) is 2. The molecule has 2 aromatic rings. The Balaban J connectivity index is 1.75. The van der Waals surface area contributed by atoms with Crippen molar-refractivity contribution in [1.29, 1.82) is 0 Å². The van der Waals surface area contributed by atoms with E-state index in [0.717, 1.165) is 30.4 Å². The number of hydrogen-bond acceptors (Lipinski definition) is 4. The summed E-state index contributed by atoms with van der Waals surface area (Å²) in [6.45, 7) is 1.44. The van der Waals surface area contributed by atoms with Crippen LogP contribution in [0.1, 0.15) is 18.5 Å². The molecule has 1 amide bonds. The quantitative estimate of drug-likeness (QED) is 0.882. The molecule has 0 aliphatic carbocycles. The lowest BCUT2D eigenvalue weighted by Crippen LogP contribution is -2.46. The first-order valence-electron chi connectivity index (χ1n) is 6.60. The third-order valence-corrected chi connectivity index (χ3v) is 3.58. The Labute approximate surface area is 111 Å². The van der Waals surface area contributed by atoms with E-state index in [-0.39, 0.29) is 18.4 Å². The normalized spacial score (nSPS) is 19.8. The number of piperidine rings is 1. The third-order valence-electron chi connectivity index (χ3n) is 3.58. The second kappa shape index (κ2) is 5.01. The highest BCUT2D eigenvalue weighted by molar-refractivity contribution is 5.86. The Morgan fingerprint density at radius 2 is 2.32 bits per heavy atom. The van der Waals surface area contributed by atoms with Gasteiger partial charge in [0.1, 0.15) is 5.69 Å². The zero-order valence-corrected chi connectivity index (χ0v) is 10.7. The molecule has 1 fully saturated rings. The number of carbonyl (C=O) groups excluding carboxylic acids is 1. The van der Waals surface area contributed by atoms with Crippen molar-refractivity contribution in [3.63, 3.8) is 0 Å². The number of carbonyl (C=O) groups is 1. The highest BCUT2D eigenvalue weighted by Gasteiger charge is 2.22. The summed E-state index contributed by atoms with van der Waals surface area (Å²) in [4.78, 5) is 14.1. The maximum atomic E-state index is 12.2. The van der Waals surface area contributed by atoms with Gasteiger partial charge in [-0.3, -0.25) is 4.79 Å². The average molecular weight is 259 g/mol. The second-order valence-corrected chi connectivity index (χ2v) is 5.04. The Morgan fingerprint density at radius 3 is 3.16 bits per heavy atom. The van der Waals surface area contributed by atoms with Crippen LogP contribution in [-0.4, -0.2) is 35.1 Å². The molecule has 0 bridgehead atoms. The summed E-state index contributed by atoms with van der Waals surface area (Å²) in [6, 6.07) is 7.70. The van der Waals surface area contributed by atoms with Crippen LogP contribution in [0.4, 0.5) is 0 Å². The van der Waals surface area contributed by atoms with E-state index in [1.807, 2.05) is 29.2 Å². The minimum Gasteiger partial charge on any atom is -0.356 e. The molecule has 5 heteroatoms. The molecule has 1 saturated heterocycles. The second-order valence-electron chi connectivity index (χ2n) is 5.04. The number of hydrogen-bond donors (Lipinski definition) is 1. The molecular weight excluding hydrogens is 242 g/mol. The van der Waals surface area contributed by atoms with Crippen LogP contribution in [0.3, 0.4) is 0 Å². The fourth-order valence-corrected chi connectivity index (χ4v) is 2.56. The molecule has 1 aliphatic rings. The average Bonchev–Trinajstić information content (AvgIpc) is 2.82. The number of rotatable bonds is 2. The Morgan fingerprint density at radius 1 is 1.47 bits per heavy atom. The molecule has 100 valence electrons. The number of para-hydroxylation sites is 1. The summed E-state index contributed by atoms with van der Waals surface area (Å²) in [7, 11) is 0. The lowest BCUT2D eigenvalue weighted by atomic mass is 10.1. The lowest BCUT2D eigenvalue weighted by molar-refractivity contribution is -0.131. The van der Waals surface area contributed by atoms with Crippen molar-refractivity contribution < 1.29 is 9.32 Å². The molecule has 5 nitrogen and oxygen atoms in total. The number of benzene rings is 1. The van der Waals surface area contributed by atoms with Crippen LogP contribution in [0.15, 0.2) is 28.8 Å². The molecular formula is C14H17N3O2. The smallest absolute Gasteiger partial charge is 0.228 e. The van der Waals surface area contributed by atoms with Crippen molar-refractivity contribution in [1.82, 2.24) is 10.1 Å². The fourth-order valence-electron chi connectivity index (χ4n) is 2.56. The summed E-state index contributed by atoms with van der Waals surface area (Å²) >= 11 is 0. The molecule has 1 aromatic heterocycles. The van der Waals surface area contributed by atoms with E-state index < -0.39 is 0 Å². The topological polar surface area (TPSA) is 72.4 Å². The van der Waals surface area contributed by atoms with Crippen LogP contribution >= 0.6 is 0 Å². The van der Waals surface area contributed by atoms with Gasteiger partial charge < -0.3 is 15.2 Å². The van der Waals surface area contributed by atoms with Gasteiger partial charge in [-0.25, -0.2) is 0 Å². The van der Waals surface area contributed by atoms with Crippen LogP contribution in [0, 0.1) is 0 Å². The highest BCUT2D eigenvalue weighted by atomic mass is 16.5. The summed E-state index contributed by atoms with van der Waals surface area (Å²) in [6.07, 6.45) is 2.26. The SMILES string of the molecule is N[C@@H]1CCCN(C(=O)Cc2noc3ccccc23)C1.